The molecule has 1 unspecified atom stereocenters. The number of rotatable bonds is 3. The highest BCUT2D eigenvalue weighted by molar-refractivity contribution is 5.83. The molecule has 2 N–H and O–H groups in total. The smallest absolute Gasteiger partial charge is 0.311 e. The van der Waals surface area contributed by atoms with Crippen molar-refractivity contribution in [1.29, 1.82) is 0 Å². The number of esters is 1. The molecule has 1 fully saturated rings. The van der Waals surface area contributed by atoms with Crippen molar-refractivity contribution in [3.05, 3.63) is 0 Å². The molecule has 0 radical (unpaired) electrons. The fourth-order valence-corrected chi connectivity index (χ4v) is 1.81. The Labute approximate surface area is 95.2 Å². The van der Waals surface area contributed by atoms with E-state index in [9.17, 15) is 9.59 Å². The lowest BCUT2D eigenvalue weighted by atomic mass is 9.84. The van der Waals surface area contributed by atoms with Crippen molar-refractivity contribution in [2.75, 3.05) is 13.1 Å². The Kier molecular flexibility index (Phi) is 3.57. The lowest BCUT2D eigenvalue weighted by molar-refractivity contribution is -0.164. The lowest BCUT2D eigenvalue weighted by Gasteiger charge is -2.25. The van der Waals surface area contributed by atoms with Gasteiger partial charge in [0, 0.05) is 6.54 Å². The molecule has 0 bridgehead atoms. The van der Waals surface area contributed by atoms with E-state index in [2.05, 4.69) is 5.32 Å². The highest BCUT2D eigenvalue weighted by Crippen LogP contribution is 2.31. The van der Waals surface area contributed by atoms with Crippen molar-refractivity contribution in [3.8, 4) is 0 Å². The normalized spacial score (nSPS) is 25.4. The minimum Gasteiger partial charge on any atom is -0.481 e. The Bertz CT molecular complexity index is 287. The van der Waals surface area contributed by atoms with Gasteiger partial charge in [0.15, 0.2) is 0 Å². The first-order chi connectivity index (χ1) is 7.25. The van der Waals surface area contributed by atoms with E-state index in [1.54, 1.807) is 20.8 Å². The van der Waals surface area contributed by atoms with Crippen molar-refractivity contribution in [1.82, 2.24) is 5.32 Å². The van der Waals surface area contributed by atoms with Crippen LogP contribution < -0.4 is 5.32 Å². The van der Waals surface area contributed by atoms with E-state index in [4.69, 9.17) is 9.84 Å². The molecule has 1 saturated heterocycles. The Balaban J connectivity index is 2.63. The van der Waals surface area contributed by atoms with Gasteiger partial charge >= 0.3 is 11.9 Å². The maximum Gasteiger partial charge on any atom is 0.311 e. The largest absolute Gasteiger partial charge is 0.481 e. The maximum absolute atomic E-state index is 11.6. The summed E-state index contributed by atoms with van der Waals surface area (Å²) in [6.07, 6.45) is 0.411. The summed E-state index contributed by atoms with van der Waals surface area (Å²) in [5.41, 5.74) is -1.55. The Morgan fingerprint density at radius 1 is 1.44 bits per heavy atom. The fraction of sp³-hybridized carbons (Fsp3) is 0.818. The number of ether oxygens (including phenoxy) is 1. The van der Waals surface area contributed by atoms with Crippen LogP contribution in [0.1, 0.15) is 33.6 Å². The number of carbonyl (C=O) groups excluding carboxylic acids is 1. The van der Waals surface area contributed by atoms with E-state index in [-0.39, 0.29) is 6.42 Å². The molecule has 1 aliphatic rings. The molecule has 0 spiro atoms. The van der Waals surface area contributed by atoms with Crippen LogP contribution in [0.5, 0.6) is 0 Å². The van der Waals surface area contributed by atoms with Gasteiger partial charge in [0.05, 0.1) is 11.8 Å². The monoisotopic (exact) mass is 229 g/mol. The molecule has 0 amide bonds. The van der Waals surface area contributed by atoms with Gasteiger partial charge in [-0.05, 0) is 33.7 Å². The predicted molar refractivity (Wildman–Crippen MR) is 58.0 cm³/mol. The van der Waals surface area contributed by atoms with Gasteiger partial charge in [-0.2, -0.15) is 0 Å². The van der Waals surface area contributed by atoms with Gasteiger partial charge in [-0.1, -0.05) is 0 Å². The predicted octanol–water partition coefficient (Wildman–Crippen LogP) is 0.782. The third-order valence-electron chi connectivity index (χ3n) is 2.60. The summed E-state index contributed by atoms with van der Waals surface area (Å²) in [6, 6.07) is 0. The first-order valence-electron chi connectivity index (χ1n) is 5.41. The summed E-state index contributed by atoms with van der Waals surface area (Å²) in [5, 5.41) is 12.1. The molecule has 1 atom stereocenters. The number of carbonyl (C=O) groups is 2. The highest BCUT2D eigenvalue weighted by atomic mass is 16.6. The molecule has 92 valence electrons. The number of carboxylic acid groups (broad SMARTS) is 1. The minimum atomic E-state index is -0.984. The second-order valence-corrected chi connectivity index (χ2v) is 5.28. The number of carboxylic acids is 1. The summed E-state index contributed by atoms with van der Waals surface area (Å²) in [5.74, 6) is -1.37. The van der Waals surface area contributed by atoms with Crippen LogP contribution in [-0.4, -0.2) is 35.7 Å². The van der Waals surface area contributed by atoms with E-state index in [1.807, 2.05) is 0 Å². The molecule has 0 aromatic carbocycles. The maximum atomic E-state index is 11.6. The number of hydrogen-bond acceptors (Lipinski definition) is 4. The summed E-state index contributed by atoms with van der Waals surface area (Å²) in [4.78, 5) is 22.8. The molecule has 0 aromatic heterocycles. The van der Waals surface area contributed by atoms with E-state index >= 15 is 0 Å². The Morgan fingerprint density at radius 3 is 2.44 bits per heavy atom. The van der Waals surface area contributed by atoms with Crippen molar-refractivity contribution >= 4 is 11.9 Å². The summed E-state index contributed by atoms with van der Waals surface area (Å²) >= 11 is 0. The molecule has 16 heavy (non-hydrogen) atoms. The van der Waals surface area contributed by atoms with Crippen LogP contribution in [0.25, 0.3) is 0 Å². The standard InChI is InChI=1S/C11H19NO4/c1-10(2,3)16-8(13)6-11(9(14)15)4-5-12-7-11/h12H,4-7H2,1-3H3,(H,14,15). The lowest BCUT2D eigenvalue weighted by Crippen LogP contribution is -2.37. The van der Waals surface area contributed by atoms with Gasteiger partial charge in [0.2, 0.25) is 0 Å². The van der Waals surface area contributed by atoms with E-state index in [1.165, 1.54) is 0 Å². The van der Waals surface area contributed by atoms with Crippen molar-refractivity contribution < 1.29 is 19.4 Å². The fourth-order valence-electron chi connectivity index (χ4n) is 1.81. The van der Waals surface area contributed by atoms with Gasteiger partial charge in [-0.25, -0.2) is 0 Å². The first-order valence-corrected chi connectivity index (χ1v) is 5.41. The second kappa shape index (κ2) is 4.41. The van der Waals surface area contributed by atoms with Gasteiger partial charge in [-0.3, -0.25) is 9.59 Å². The van der Waals surface area contributed by atoms with Gasteiger partial charge < -0.3 is 15.2 Å². The quantitative estimate of drug-likeness (QED) is 0.699. The zero-order chi connectivity index (χ0) is 12.4. The molecule has 0 aromatic rings. The Hall–Kier alpha value is -1.10. The molecule has 0 aliphatic carbocycles. The number of aliphatic carboxylic acids is 1. The van der Waals surface area contributed by atoms with Crippen LogP contribution in [0, 0.1) is 5.41 Å². The zero-order valence-corrected chi connectivity index (χ0v) is 10.0. The molecule has 0 saturated carbocycles. The average Bonchev–Trinajstić information content (AvgIpc) is 2.49. The van der Waals surface area contributed by atoms with Crippen LogP contribution in [0.3, 0.4) is 0 Å². The van der Waals surface area contributed by atoms with Gasteiger partial charge in [0.1, 0.15) is 5.60 Å². The molecular formula is C11H19NO4. The number of hydrogen-bond donors (Lipinski definition) is 2. The molecule has 1 aliphatic heterocycles. The first kappa shape index (κ1) is 13.0. The van der Waals surface area contributed by atoms with E-state index < -0.39 is 23.0 Å². The van der Waals surface area contributed by atoms with Crippen LogP contribution in [-0.2, 0) is 14.3 Å². The van der Waals surface area contributed by atoms with E-state index in [0.717, 1.165) is 0 Å². The van der Waals surface area contributed by atoms with Crippen molar-refractivity contribution in [2.24, 2.45) is 5.41 Å². The van der Waals surface area contributed by atoms with Crippen molar-refractivity contribution in [3.63, 3.8) is 0 Å². The molecular weight excluding hydrogens is 210 g/mol. The van der Waals surface area contributed by atoms with Gasteiger partial charge in [-0.15, -0.1) is 0 Å². The van der Waals surface area contributed by atoms with Crippen LogP contribution in [0.15, 0.2) is 0 Å². The topological polar surface area (TPSA) is 75.6 Å². The summed E-state index contributed by atoms with van der Waals surface area (Å²) in [7, 11) is 0. The highest BCUT2D eigenvalue weighted by Gasteiger charge is 2.44. The molecule has 5 nitrogen and oxygen atoms in total. The zero-order valence-electron chi connectivity index (χ0n) is 10.0. The minimum absolute atomic E-state index is 0.0629. The second-order valence-electron chi connectivity index (χ2n) is 5.28. The summed E-state index contributed by atoms with van der Waals surface area (Å²) < 4.78 is 5.14. The van der Waals surface area contributed by atoms with Crippen LogP contribution in [0.2, 0.25) is 0 Å². The van der Waals surface area contributed by atoms with Crippen LogP contribution >= 0.6 is 0 Å². The average molecular weight is 229 g/mol. The van der Waals surface area contributed by atoms with Gasteiger partial charge in [0.25, 0.3) is 0 Å². The molecule has 1 heterocycles. The third kappa shape index (κ3) is 3.20. The summed E-state index contributed by atoms with van der Waals surface area (Å²) in [6.45, 7) is 6.28. The van der Waals surface area contributed by atoms with E-state index in [0.29, 0.717) is 19.5 Å². The molecule has 1 rings (SSSR count). The SMILES string of the molecule is CC(C)(C)OC(=O)CC1(C(=O)O)CCNC1. The number of nitrogens with one attached hydrogen (secondary N) is 1. The Morgan fingerprint density at radius 2 is 2.06 bits per heavy atom. The third-order valence-corrected chi connectivity index (χ3v) is 2.60. The van der Waals surface area contributed by atoms with Crippen LogP contribution in [0.4, 0.5) is 0 Å². The molecule has 5 heteroatoms. The van der Waals surface area contributed by atoms with Crippen molar-refractivity contribution in [2.45, 2.75) is 39.2 Å².